The molecule has 1 aliphatic heterocycles. The van der Waals surface area contributed by atoms with Crippen LogP contribution in [-0.4, -0.2) is 55.4 Å². The average molecular weight is 335 g/mol. The molecule has 8 nitrogen and oxygen atoms in total. The van der Waals surface area contributed by atoms with Gasteiger partial charge in [-0.3, -0.25) is 9.59 Å². The number of guanidine groups is 1. The van der Waals surface area contributed by atoms with Crippen molar-refractivity contribution >= 4 is 17.8 Å². The maximum Gasteiger partial charge on any atom is 0.242 e. The lowest BCUT2D eigenvalue weighted by Gasteiger charge is -2.17. The van der Waals surface area contributed by atoms with E-state index in [4.69, 9.17) is 4.42 Å². The fraction of sp³-hybridized carbons (Fsp3) is 0.562. The number of aliphatic imine (C=N–C) groups is 1. The molecule has 2 heterocycles. The van der Waals surface area contributed by atoms with Crippen molar-refractivity contribution in [3.63, 3.8) is 0 Å². The lowest BCUT2D eigenvalue weighted by Crippen LogP contribution is -2.44. The molecular formula is C16H25N5O3. The number of nitrogens with one attached hydrogen (secondary N) is 3. The van der Waals surface area contributed by atoms with Gasteiger partial charge in [-0.2, -0.15) is 0 Å². The smallest absolute Gasteiger partial charge is 0.242 e. The van der Waals surface area contributed by atoms with E-state index in [0.29, 0.717) is 24.8 Å². The van der Waals surface area contributed by atoms with Crippen molar-refractivity contribution in [3.05, 3.63) is 24.2 Å². The molecule has 0 atom stereocenters. The molecule has 2 amide bonds. The standard InChI is InChI=1S/C16H25N5O3/c1-2-17-16(20-12-15(23)21-7-3-4-8-21)19-11-14(22)18-10-13-6-5-9-24-13/h5-6,9H,2-4,7-8,10-12H2,1H3,(H,18,22)(H2,17,19,20). The van der Waals surface area contributed by atoms with E-state index in [9.17, 15) is 9.59 Å². The summed E-state index contributed by atoms with van der Waals surface area (Å²) in [6.45, 7) is 4.72. The Labute approximate surface area is 141 Å². The van der Waals surface area contributed by atoms with Crippen molar-refractivity contribution in [1.29, 1.82) is 0 Å². The number of hydrogen-bond donors (Lipinski definition) is 3. The van der Waals surface area contributed by atoms with Gasteiger partial charge in [0.2, 0.25) is 11.8 Å². The van der Waals surface area contributed by atoms with Crippen LogP contribution in [0.2, 0.25) is 0 Å². The molecule has 1 aromatic heterocycles. The SMILES string of the molecule is CCNC(=NCC(=O)NCc1ccco1)NCC(=O)N1CCCC1. The highest BCUT2D eigenvalue weighted by Gasteiger charge is 2.17. The minimum atomic E-state index is -0.213. The van der Waals surface area contributed by atoms with Crippen molar-refractivity contribution in [2.45, 2.75) is 26.3 Å². The van der Waals surface area contributed by atoms with Gasteiger partial charge in [0.15, 0.2) is 5.96 Å². The third-order valence-corrected chi connectivity index (χ3v) is 3.63. The van der Waals surface area contributed by atoms with Gasteiger partial charge in [-0.25, -0.2) is 4.99 Å². The quantitative estimate of drug-likeness (QED) is 0.484. The zero-order valence-electron chi connectivity index (χ0n) is 14.0. The molecule has 0 bridgehead atoms. The van der Waals surface area contributed by atoms with Crippen LogP contribution in [0.1, 0.15) is 25.5 Å². The highest BCUT2D eigenvalue weighted by atomic mass is 16.3. The summed E-state index contributed by atoms with van der Waals surface area (Å²) in [5.41, 5.74) is 0. The first kappa shape index (κ1) is 17.8. The largest absolute Gasteiger partial charge is 0.467 e. The van der Waals surface area contributed by atoms with Gasteiger partial charge >= 0.3 is 0 Å². The Kier molecular flexibility index (Phi) is 7.13. The van der Waals surface area contributed by atoms with Crippen LogP contribution >= 0.6 is 0 Å². The van der Waals surface area contributed by atoms with Crippen molar-refractivity contribution in [3.8, 4) is 0 Å². The molecule has 132 valence electrons. The number of amides is 2. The van der Waals surface area contributed by atoms with E-state index in [-0.39, 0.29) is 24.9 Å². The second kappa shape index (κ2) is 9.59. The summed E-state index contributed by atoms with van der Waals surface area (Å²) in [6, 6.07) is 3.56. The number of hydrogen-bond acceptors (Lipinski definition) is 4. The minimum Gasteiger partial charge on any atom is -0.467 e. The summed E-state index contributed by atoms with van der Waals surface area (Å²) >= 11 is 0. The summed E-state index contributed by atoms with van der Waals surface area (Å²) in [7, 11) is 0. The second-order valence-corrected chi connectivity index (χ2v) is 5.49. The molecule has 3 N–H and O–H groups in total. The molecule has 1 saturated heterocycles. The Balaban J connectivity index is 1.74. The number of furan rings is 1. The Bertz CT molecular complexity index is 550. The third-order valence-electron chi connectivity index (χ3n) is 3.63. The van der Waals surface area contributed by atoms with Crippen LogP contribution in [0.3, 0.4) is 0 Å². The molecule has 2 rings (SSSR count). The fourth-order valence-electron chi connectivity index (χ4n) is 2.39. The van der Waals surface area contributed by atoms with E-state index >= 15 is 0 Å². The molecule has 0 saturated carbocycles. The van der Waals surface area contributed by atoms with Gasteiger partial charge in [-0.15, -0.1) is 0 Å². The highest BCUT2D eigenvalue weighted by molar-refractivity contribution is 5.88. The van der Waals surface area contributed by atoms with Gasteiger partial charge in [-0.05, 0) is 31.9 Å². The monoisotopic (exact) mass is 335 g/mol. The molecule has 0 spiro atoms. The summed E-state index contributed by atoms with van der Waals surface area (Å²) in [6.07, 6.45) is 3.69. The number of rotatable bonds is 7. The van der Waals surface area contributed by atoms with E-state index < -0.39 is 0 Å². The van der Waals surface area contributed by atoms with Gasteiger partial charge < -0.3 is 25.3 Å². The molecule has 1 aromatic rings. The van der Waals surface area contributed by atoms with Crippen LogP contribution in [0.25, 0.3) is 0 Å². The molecule has 24 heavy (non-hydrogen) atoms. The molecule has 0 radical (unpaired) electrons. The zero-order chi connectivity index (χ0) is 17.2. The van der Waals surface area contributed by atoms with Crippen LogP contribution in [0.5, 0.6) is 0 Å². The van der Waals surface area contributed by atoms with E-state index in [1.54, 1.807) is 18.4 Å². The van der Waals surface area contributed by atoms with Crippen molar-refractivity contribution in [1.82, 2.24) is 20.9 Å². The van der Waals surface area contributed by atoms with Gasteiger partial charge in [0, 0.05) is 19.6 Å². The number of nitrogens with zero attached hydrogens (tertiary/aromatic N) is 2. The molecule has 1 fully saturated rings. The molecule has 1 aliphatic rings. The molecule has 0 aromatic carbocycles. The lowest BCUT2D eigenvalue weighted by molar-refractivity contribution is -0.128. The summed E-state index contributed by atoms with van der Waals surface area (Å²) in [5.74, 6) is 0.988. The molecule has 0 aliphatic carbocycles. The van der Waals surface area contributed by atoms with Crippen LogP contribution in [0.4, 0.5) is 0 Å². The molecule has 0 unspecified atom stereocenters. The fourth-order valence-corrected chi connectivity index (χ4v) is 2.39. The van der Waals surface area contributed by atoms with Crippen molar-refractivity contribution in [2.24, 2.45) is 4.99 Å². The van der Waals surface area contributed by atoms with Gasteiger partial charge in [0.1, 0.15) is 12.3 Å². The highest BCUT2D eigenvalue weighted by Crippen LogP contribution is 2.06. The Morgan fingerprint density at radius 2 is 2.04 bits per heavy atom. The predicted octanol–water partition coefficient (Wildman–Crippen LogP) is 0.0733. The third kappa shape index (κ3) is 5.94. The topological polar surface area (TPSA) is 99.0 Å². The summed E-state index contributed by atoms with van der Waals surface area (Å²) in [5, 5.41) is 8.72. The summed E-state index contributed by atoms with van der Waals surface area (Å²) in [4.78, 5) is 29.9. The number of carbonyl (C=O) groups excluding carboxylic acids is 2. The Morgan fingerprint density at radius 3 is 2.71 bits per heavy atom. The van der Waals surface area contributed by atoms with Crippen LogP contribution in [0.15, 0.2) is 27.8 Å². The normalized spacial score (nSPS) is 14.5. The van der Waals surface area contributed by atoms with Crippen LogP contribution in [0, 0.1) is 0 Å². The maximum atomic E-state index is 12.0. The van der Waals surface area contributed by atoms with Crippen LogP contribution in [-0.2, 0) is 16.1 Å². The molecule has 8 heteroatoms. The van der Waals surface area contributed by atoms with Gasteiger partial charge in [0.05, 0.1) is 19.4 Å². The number of carbonyl (C=O) groups is 2. The first-order valence-electron chi connectivity index (χ1n) is 8.28. The second-order valence-electron chi connectivity index (χ2n) is 5.49. The van der Waals surface area contributed by atoms with Crippen molar-refractivity contribution < 1.29 is 14.0 Å². The molecular weight excluding hydrogens is 310 g/mol. The average Bonchev–Trinajstić information content (AvgIpc) is 3.28. The first-order valence-corrected chi connectivity index (χ1v) is 8.28. The van der Waals surface area contributed by atoms with E-state index in [1.165, 1.54) is 0 Å². The lowest BCUT2D eigenvalue weighted by atomic mass is 10.4. The number of likely N-dealkylation sites (tertiary alicyclic amines) is 1. The van der Waals surface area contributed by atoms with E-state index in [2.05, 4.69) is 20.9 Å². The minimum absolute atomic E-state index is 0.0199. The Morgan fingerprint density at radius 1 is 1.25 bits per heavy atom. The van der Waals surface area contributed by atoms with Crippen LogP contribution < -0.4 is 16.0 Å². The van der Waals surface area contributed by atoms with E-state index in [1.807, 2.05) is 11.8 Å². The Hall–Kier alpha value is -2.51. The van der Waals surface area contributed by atoms with Gasteiger partial charge in [-0.1, -0.05) is 0 Å². The first-order chi connectivity index (χ1) is 11.7. The van der Waals surface area contributed by atoms with E-state index in [0.717, 1.165) is 25.9 Å². The zero-order valence-corrected chi connectivity index (χ0v) is 14.0. The van der Waals surface area contributed by atoms with Crippen molar-refractivity contribution in [2.75, 3.05) is 32.7 Å². The van der Waals surface area contributed by atoms with Gasteiger partial charge in [0.25, 0.3) is 0 Å². The summed E-state index contributed by atoms with van der Waals surface area (Å²) < 4.78 is 5.14. The predicted molar refractivity (Wildman–Crippen MR) is 90.4 cm³/mol. The maximum absolute atomic E-state index is 12.0.